The Morgan fingerprint density at radius 3 is 2.79 bits per heavy atom. The molecule has 2 rings (SSSR count). The lowest BCUT2D eigenvalue weighted by Gasteiger charge is -2.40. The molecule has 2 unspecified atom stereocenters. The number of nitrogens with one attached hydrogen (secondary N) is 2. The van der Waals surface area contributed by atoms with E-state index in [-0.39, 0.29) is 23.7 Å². The average molecular weight is 266 g/mol. The van der Waals surface area contributed by atoms with E-state index in [1.54, 1.807) is 4.90 Å². The van der Waals surface area contributed by atoms with Gasteiger partial charge in [-0.2, -0.15) is 0 Å². The molecule has 1 fully saturated rings. The van der Waals surface area contributed by atoms with Crippen molar-refractivity contribution >= 4 is 5.91 Å². The van der Waals surface area contributed by atoms with Crippen molar-refractivity contribution in [3.8, 4) is 0 Å². The monoisotopic (exact) mass is 266 g/mol. The number of aromatic nitrogens is 2. The Balaban J connectivity index is 2.35. The topological polar surface area (TPSA) is 112 Å². The maximum Gasteiger partial charge on any atom is 0.326 e. The summed E-state index contributed by atoms with van der Waals surface area (Å²) in [6.45, 7) is 2.33. The second-order valence-corrected chi connectivity index (χ2v) is 4.88. The summed E-state index contributed by atoms with van der Waals surface area (Å²) in [5.41, 5.74) is 4.45. The van der Waals surface area contributed by atoms with Crippen LogP contribution in [0.4, 0.5) is 0 Å². The van der Waals surface area contributed by atoms with Crippen LogP contribution < -0.4 is 17.0 Å². The van der Waals surface area contributed by atoms with Crippen LogP contribution in [0.5, 0.6) is 0 Å². The molecule has 7 nitrogen and oxygen atoms in total. The number of rotatable bonds is 2. The number of hydrogen-bond donors (Lipinski definition) is 3. The summed E-state index contributed by atoms with van der Waals surface area (Å²) in [5, 5.41) is 0. The van der Waals surface area contributed by atoms with Gasteiger partial charge in [-0.3, -0.25) is 14.6 Å². The van der Waals surface area contributed by atoms with Gasteiger partial charge in [-0.25, -0.2) is 4.79 Å². The summed E-state index contributed by atoms with van der Waals surface area (Å²) in [6.07, 6.45) is 2.77. The average Bonchev–Trinajstić information content (AvgIpc) is 2.36. The molecule has 19 heavy (non-hydrogen) atoms. The van der Waals surface area contributed by atoms with Crippen molar-refractivity contribution in [2.75, 3.05) is 6.54 Å². The molecular weight excluding hydrogens is 248 g/mol. The molecule has 104 valence electrons. The number of hydrogen-bond acceptors (Lipinski definition) is 4. The van der Waals surface area contributed by atoms with Crippen LogP contribution in [-0.2, 0) is 0 Å². The second-order valence-electron chi connectivity index (χ2n) is 4.88. The largest absolute Gasteiger partial charge is 0.330 e. The molecule has 7 heteroatoms. The van der Waals surface area contributed by atoms with E-state index in [0.717, 1.165) is 25.3 Å². The van der Waals surface area contributed by atoms with Crippen LogP contribution in [-0.4, -0.2) is 39.4 Å². The molecule has 2 heterocycles. The summed E-state index contributed by atoms with van der Waals surface area (Å²) in [7, 11) is 0. The van der Waals surface area contributed by atoms with Crippen LogP contribution in [0, 0.1) is 0 Å². The summed E-state index contributed by atoms with van der Waals surface area (Å²) in [4.78, 5) is 41.0. The first-order chi connectivity index (χ1) is 9.02. The fraction of sp³-hybridized carbons (Fsp3) is 0.583. The number of carbonyl (C=O) groups is 1. The Morgan fingerprint density at radius 1 is 1.42 bits per heavy atom. The second kappa shape index (κ2) is 5.40. The molecule has 2 atom stereocenters. The van der Waals surface area contributed by atoms with E-state index in [2.05, 4.69) is 4.98 Å². The molecule has 1 aliphatic heterocycles. The Labute approximate surface area is 109 Å². The molecule has 1 aliphatic rings. The smallest absolute Gasteiger partial charge is 0.326 e. The predicted octanol–water partition coefficient (Wildman–Crippen LogP) is -0.595. The molecule has 0 radical (unpaired) electrons. The highest BCUT2D eigenvalue weighted by atomic mass is 16.2. The van der Waals surface area contributed by atoms with E-state index in [1.165, 1.54) is 0 Å². The van der Waals surface area contributed by atoms with Crippen LogP contribution in [0.2, 0.25) is 0 Å². The molecule has 0 saturated carbocycles. The van der Waals surface area contributed by atoms with Gasteiger partial charge in [-0.1, -0.05) is 0 Å². The van der Waals surface area contributed by atoms with Crippen molar-refractivity contribution in [1.29, 1.82) is 0 Å². The van der Waals surface area contributed by atoms with Crippen molar-refractivity contribution in [2.24, 2.45) is 5.73 Å². The zero-order valence-electron chi connectivity index (χ0n) is 10.8. The van der Waals surface area contributed by atoms with Crippen LogP contribution >= 0.6 is 0 Å². The van der Waals surface area contributed by atoms with Crippen LogP contribution in [0.1, 0.15) is 36.7 Å². The fourth-order valence-electron chi connectivity index (χ4n) is 2.61. The maximum absolute atomic E-state index is 12.4. The van der Waals surface area contributed by atoms with Crippen molar-refractivity contribution in [3.63, 3.8) is 0 Å². The first-order valence-electron chi connectivity index (χ1n) is 6.39. The minimum absolute atomic E-state index is 0.0148. The van der Waals surface area contributed by atoms with Gasteiger partial charge in [0.15, 0.2) is 0 Å². The molecule has 1 saturated heterocycles. The van der Waals surface area contributed by atoms with E-state index in [0.29, 0.717) is 6.54 Å². The number of nitrogens with zero attached hydrogens (tertiary/aromatic N) is 1. The van der Waals surface area contributed by atoms with Crippen molar-refractivity contribution in [3.05, 3.63) is 32.6 Å². The van der Waals surface area contributed by atoms with E-state index >= 15 is 0 Å². The lowest BCUT2D eigenvalue weighted by Crippen LogP contribution is -2.52. The molecule has 0 bridgehead atoms. The number of piperidine rings is 1. The van der Waals surface area contributed by atoms with Gasteiger partial charge in [0.1, 0.15) is 5.69 Å². The first kappa shape index (κ1) is 13.5. The van der Waals surface area contributed by atoms with Crippen molar-refractivity contribution in [2.45, 2.75) is 38.3 Å². The Bertz CT molecular complexity index is 549. The van der Waals surface area contributed by atoms with Gasteiger partial charge in [0, 0.05) is 24.7 Å². The SMILES string of the molecule is CC1CCCC(CN)N1C(=O)c1cc(=O)[nH]c(=O)[nH]1. The lowest BCUT2D eigenvalue weighted by molar-refractivity contribution is 0.0487. The fourth-order valence-corrected chi connectivity index (χ4v) is 2.61. The highest BCUT2D eigenvalue weighted by molar-refractivity contribution is 5.92. The Hall–Kier alpha value is -1.89. The molecule has 1 aromatic rings. The van der Waals surface area contributed by atoms with Crippen molar-refractivity contribution in [1.82, 2.24) is 14.9 Å². The molecule has 0 aliphatic carbocycles. The number of nitrogens with two attached hydrogens (primary N) is 1. The highest BCUT2D eigenvalue weighted by Gasteiger charge is 2.32. The standard InChI is InChI=1S/C12H18N4O3/c1-7-3-2-4-8(6-13)16(7)11(18)9-5-10(17)15-12(19)14-9/h5,7-8H,2-4,6,13H2,1H3,(H2,14,15,17,19). The summed E-state index contributed by atoms with van der Waals surface area (Å²) < 4.78 is 0. The van der Waals surface area contributed by atoms with Gasteiger partial charge in [0.2, 0.25) is 0 Å². The van der Waals surface area contributed by atoms with Crippen LogP contribution in [0.15, 0.2) is 15.7 Å². The third kappa shape index (κ3) is 2.76. The van der Waals surface area contributed by atoms with Crippen LogP contribution in [0.3, 0.4) is 0 Å². The molecule has 1 amide bonds. The third-order valence-electron chi connectivity index (χ3n) is 3.52. The predicted molar refractivity (Wildman–Crippen MR) is 70.0 cm³/mol. The third-order valence-corrected chi connectivity index (χ3v) is 3.52. The number of carbonyl (C=O) groups excluding carboxylic acids is 1. The van der Waals surface area contributed by atoms with E-state index in [4.69, 9.17) is 5.73 Å². The number of H-pyrrole nitrogens is 2. The van der Waals surface area contributed by atoms with E-state index < -0.39 is 11.2 Å². The quantitative estimate of drug-likeness (QED) is 0.663. The zero-order valence-corrected chi connectivity index (χ0v) is 10.8. The molecule has 0 spiro atoms. The molecule has 0 aromatic carbocycles. The first-order valence-corrected chi connectivity index (χ1v) is 6.39. The number of aromatic amines is 2. The normalized spacial score (nSPS) is 23.4. The molecule has 1 aromatic heterocycles. The van der Waals surface area contributed by atoms with Gasteiger partial charge in [0.05, 0.1) is 0 Å². The minimum Gasteiger partial charge on any atom is -0.330 e. The lowest BCUT2D eigenvalue weighted by atomic mass is 9.96. The van der Waals surface area contributed by atoms with Gasteiger partial charge in [0.25, 0.3) is 11.5 Å². The summed E-state index contributed by atoms with van der Waals surface area (Å²) in [6, 6.07) is 1.12. The summed E-state index contributed by atoms with van der Waals surface area (Å²) >= 11 is 0. The molecular formula is C12H18N4O3. The number of likely N-dealkylation sites (tertiary alicyclic amines) is 1. The molecule has 4 N–H and O–H groups in total. The van der Waals surface area contributed by atoms with Crippen LogP contribution in [0.25, 0.3) is 0 Å². The van der Waals surface area contributed by atoms with E-state index in [1.807, 2.05) is 11.9 Å². The highest BCUT2D eigenvalue weighted by Crippen LogP contribution is 2.23. The Kier molecular flexibility index (Phi) is 3.84. The van der Waals surface area contributed by atoms with E-state index in [9.17, 15) is 14.4 Å². The number of amides is 1. The van der Waals surface area contributed by atoms with Gasteiger partial charge in [-0.15, -0.1) is 0 Å². The summed E-state index contributed by atoms with van der Waals surface area (Å²) in [5.74, 6) is -0.342. The minimum atomic E-state index is -0.676. The van der Waals surface area contributed by atoms with Crippen molar-refractivity contribution < 1.29 is 4.79 Å². The Morgan fingerprint density at radius 2 is 2.16 bits per heavy atom. The maximum atomic E-state index is 12.4. The van der Waals surface area contributed by atoms with Gasteiger partial charge >= 0.3 is 5.69 Å². The zero-order chi connectivity index (χ0) is 14.0. The van der Waals surface area contributed by atoms with Gasteiger partial charge in [-0.05, 0) is 26.2 Å². The van der Waals surface area contributed by atoms with Gasteiger partial charge < -0.3 is 15.6 Å².